The third kappa shape index (κ3) is 4.30. The molecule has 1 aliphatic rings. The van der Waals surface area contributed by atoms with Crippen LogP contribution in [0.5, 0.6) is 0 Å². The quantitative estimate of drug-likeness (QED) is 0.626. The predicted octanol–water partition coefficient (Wildman–Crippen LogP) is 2.60. The minimum atomic E-state index is -0.462. The Hall–Kier alpha value is -1.43. The van der Waals surface area contributed by atoms with Gasteiger partial charge in [-0.15, -0.1) is 0 Å². The molecule has 7 heteroatoms. The first-order valence-corrected chi connectivity index (χ1v) is 6.95. The van der Waals surface area contributed by atoms with Crippen LogP contribution in [0.25, 0.3) is 0 Å². The first kappa shape index (κ1) is 15.0. The molecular formula is C13H15Cl2N5. The van der Waals surface area contributed by atoms with Gasteiger partial charge in [0.15, 0.2) is 0 Å². The van der Waals surface area contributed by atoms with Gasteiger partial charge < -0.3 is 10.7 Å². The Morgan fingerprint density at radius 3 is 2.45 bits per heavy atom. The van der Waals surface area contributed by atoms with Crippen LogP contribution < -0.4 is 5.32 Å². The summed E-state index contributed by atoms with van der Waals surface area (Å²) in [6.07, 6.45) is 1.53. The van der Waals surface area contributed by atoms with Crippen LogP contribution in [0, 0.1) is 5.41 Å². The van der Waals surface area contributed by atoms with E-state index in [4.69, 9.17) is 28.6 Å². The Kier molecular flexibility index (Phi) is 5.52. The van der Waals surface area contributed by atoms with Gasteiger partial charge in [-0.2, -0.15) is 0 Å². The van der Waals surface area contributed by atoms with E-state index in [1.165, 1.54) is 6.21 Å². The van der Waals surface area contributed by atoms with Gasteiger partial charge in [-0.3, -0.25) is 4.90 Å². The van der Waals surface area contributed by atoms with E-state index in [1.54, 1.807) is 0 Å². The number of nitrogens with one attached hydrogen (secondary N) is 2. The van der Waals surface area contributed by atoms with Crippen LogP contribution in [0.1, 0.15) is 12.0 Å². The number of amidine groups is 2. The third-order valence-corrected chi connectivity index (χ3v) is 3.16. The maximum Gasteiger partial charge on any atom is 0.202 e. The molecule has 1 aliphatic heterocycles. The zero-order valence-electron chi connectivity index (χ0n) is 10.8. The highest BCUT2D eigenvalue weighted by Crippen LogP contribution is 2.14. The number of benzene rings is 1. The average molecular weight is 312 g/mol. The van der Waals surface area contributed by atoms with Gasteiger partial charge in [0.1, 0.15) is 0 Å². The van der Waals surface area contributed by atoms with E-state index >= 15 is 0 Å². The van der Waals surface area contributed by atoms with Gasteiger partial charge in [0.05, 0.1) is 0 Å². The van der Waals surface area contributed by atoms with Crippen molar-refractivity contribution in [1.82, 2.24) is 10.2 Å². The molecule has 106 valence electrons. The van der Waals surface area contributed by atoms with Gasteiger partial charge in [-0.05, 0) is 41.4 Å². The molecule has 0 spiro atoms. The SMILES string of the molecule is N=CCCN(Cc1ccccc1)C1N=C(Cl)NC(Cl)=N1. The molecule has 0 aliphatic carbocycles. The lowest BCUT2D eigenvalue weighted by Crippen LogP contribution is -2.40. The second-order valence-corrected chi connectivity index (χ2v) is 4.98. The van der Waals surface area contributed by atoms with Gasteiger partial charge in [-0.25, -0.2) is 9.98 Å². The van der Waals surface area contributed by atoms with Gasteiger partial charge in [-0.1, -0.05) is 30.3 Å². The number of aliphatic imine (C=N–C) groups is 2. The molecule has 20 heavy (non-hydrogen) atoms. The smallest absolute Gasteiger partial charge is 0.202 e. The highest BCUT2D eigenvalue weighted by atomic mass is 35.5. The number of hydrogen-bond acceptors (Lipinski definition) is 5. The Bertz CT molecular complexity index is 497. The highest BCUT2D eigenvalue weighted by molar-refractivity contribution is 6.73. The zero-order valence-corrected chi connectivity index (χ0v) is 12.3. The van der Waals surface area contributed by atoms with Gasteiger partial charge in [0.2, 0.25) is 16.9 Å². The normalized spacial score (nSPS) is 15.6. The minimum absolute atomic E-state index is 0.225. The van der Waals surface area contributed by atoms with Crippen molar-refractivity contribution in [2.75, 3.05) is 6.54 Å². The molecule has 0 unspecified atom stereocenters. The molecule has 0 aromatic heterocycles. The van der Waals surface area contributed by atoms with Gasteiger partial charge in [0, 0.05) is 13.1 Å². The summed E-state index contributed by atoms with van der Waals surface area (Å²) in [5.41, 5.74) is 1.15. The summed E-state index contributed by atoms with van der Waals surface area (Å²) in [5, 5.41) is 10.3. The Morgan fingerprint density at radius 1 is 1.20 bits per heavy atom. The van der Waals surface area contributed by atoms with Crippen molar-refractivity contribution in [1.29, 1.82) is 5.41 Å². The predicted molar refractivity (Wildman–Crippen MR) is 83.8 cm³/mol. The molecule has 5 nitrogen and oxygen atoms in total. The molecule has 0 saturated heterocycles. The third-order valence-electron chi connectivity index (χ3n) is 2.78. The lowest BCUT2D eigenvalue weighted by molar-refractivity contribution is 0.203. The topological polar surface area (TPSA) is 63.8 Å². The molecule has 1 heterocycles. The molecule has 2 N–H and O–H groups in total. The first-order chi connectivity index (χ1) is 9.69. The summed E-state index contributed by atoms with van der Waals surface area (Å²) < 4.78 is 0. The van der Waals surface area contributed by atoms with E-state index in [2.05, 4.69) is 15.3 Å². The van der Waals surface area contributed by atoms with Crippen molar-refractivity contribution in [3.63, 3.8) is 0 Å². The van der Waals surface area contributed by atoms with E-state index in [0.717, 1.165) is 5.56 Å². The molecular weight excluding hydrogens is 297 g/mol. The van der Waals surface area contributed by atoms with Crippen LogP contribution in [0.3, 0.4) is 0 Å². The average Bonchev–Trinajstić information content (AvgIpc) is 2.43. The Balaban J connectivity index is 2.14. The minimum Gasteiger partial charge on any atom is -0.313 e. The molecule has 0 fully saturated rings. The lowest BCUT2D eigenvalue weighted by Gasteiger charge is -2.28. The summed E-state index contributed by atoms with van der Waals surface area (Å²) in [7, 11) is 0. The Morgan fingerprint density at radius 2 is 1.85 bits per heavy atom. The van der Waals surface area contributed by atoms with Crippen LogP contribution in [0.2, 0.25) is 0 Å². The Labute approximate surface area is 127 Å². The summed E-state index contributed by atoms with van der Waals surface area (Å²) in [5.74, 6) is 0. The van der Waals surface area contributed by atoms with E-state index in [1.807, 2.05) is 35.2 Å². The molecule has 0 amide bonds. The second kappa shape index (κ2) is 7.38. The molecule has 1 aromatic carbocycles. The van der Waals surface area contributed by atoms with E-state index in [0.29, 0.717) is 19.5 Å². The number of rotatable bonds is 6. The molecule has 1 aromatic rings. The standard InChI is InChI=1S/C13H15Cl2N5/c14-11-17-12(15)19-13(18-11)20(8-4-7-16)9-10-5-2-1-3-6-10/h1-3,5-7,13,16H,4,8-9H2,(H,17,18,19). The largest absolute Gasteiger partial charge is 0.313 e. The lowest BCUT2D eigenvalue weighted by atomic mass is 10.2. The second-order valence-electron chi connectivity index (χ2n) is 4.26. The monoisotopic (exact) mass is 311 g/mol. The molecule has 0 bridgehead atoms. The summed E-state index contributed by atoms with van der Waals surface area (Å²) in [6, 6.07) is 10.0. The van der Waals surface area contributed by atoms with Gasteiger partial charge >= 0.3 is 0 Å². The van der Waals surface area contributed by atoms with Crippen LogP contribution in [0.15, 0.2) is 40.3 Å². The van der Waals surface area contributed by atoms with Crippen LogP contribution in [-0.4, -0.2) is 34.5 Å². The van der Waals surface area contributed by atoms with Crippen molar-refractivity contribution in [3.8, 4) is 0 Å². The maximum absolute atomic E-state index is 7.18. The fraction of sp³-hybridized carbons (Fsp3) is 0.308. The fourth-order valence-corrected chi connectivity index (χ4v) is 2.27. The van der Waals surface area contributed by atoms with Crippen LogP contribution in [0.4, 0.5) is 0 Å². The summed E-state index contributed by atoms with van der Waals surface area (Å²) in [6.45, 7) is 1.32. The number of halogens is 2. The van der Waals surface area contributed by atoms with Crippen molar-refractivity contribution in [2.24, 2.45) is 9.98 Å². The van der Waals surface area contributed by atoms with Crippen LogP contribution in [-0.2, 0) is 6.54 Å². The van der Waals surface area contributed by atoms with Crippen molar-refractivity contribution < 1.29 is 0 Å². The summed E-state index contributed by atoms with van der Waals surface area (Å²) >= 11 is 11.8. The molecule has 2 rings (SSSR count). The van der Waals surface area contributed by atoms with E-state index < -0.39 is 6.29 Å². The number of nitrogens with zero attached hydrogens (tertiary/aromatic N) is 3. The van der Waals surface area contributed by atoms with E-state index in [9.17, 15) is 0 Å². The fourth-order valence-electron chi connectivity index (χ4n) is 1.87. The molecule has 0 radical (unpaired) electrons. The summed E-state index contributed by atoms with van der Waals surface area (Å²) in [4.78, 5) is 10.5. The zero-order chi connectivity index (χ0) is 14.4. The number of hydrogen-bond donors (Lipinski definition) is 2. The highest BCUT2D eigenvalue weighted by Gasteiger charge is 2.21. The van der Waals surface area contributed by atoms with E-state index in [-0.39, 0.29) is 10.6 Å². The first-order valence-electron chi connectivity index (χ1n) is 6.19. The van der Waals surface area contributed by atoms with Crippen molar-refractivity contribution in [3.05, 3.63) is 35.9 Å². The van der Waals surface area contributed by atoms with Crippen molar-refractivity contribution >= 4 is 40.0 Å². The molecule has 0 saturated carbocycles. The molecule has 0 atom stereocenters. The van der Waals surface area contributed by atoms with Crippen LogP contribution >= 0.6 is 23.2 Å². The maximum atomic E-state index is 7.18. The van der Waals surface area contributed by atoms with Crippen molar-refractivity contribution in [2.45, 2.75) is 19.3 Å². The van der Waals surface area contributed by atoms with Gasteiger partial charge in [0.25, 0.3) is 0 Å².